The van der Waals surface area contributed by atoms with E-state index in [1.54, 1.807) is 6.33 Å². The molecule has 2 aromatic heterocycles. The Balaban J connectivity index is 0.00000140. The van der Waals surface area contributed by atoms with Gasteiger partial charge in [-0.15, -0.1) is 0 Å². The Kier molecular flexibility index (Phi) is 8.34. The number of nitrogens with one attached hydrogen (secondary N) is 1. The van der Waals surface area contributed by atoms with Gasteiger partial charge in [0.15, 0.2) is 11.5 Å². The number of aliphatic hydroxyl groups is 3. The molecule has 4 N–H and O–H groups in total. The van der Waals surface area contributed by atoms with Crippen molar-refractivity contribution in [3.63, 3.8) is 0 Å². The van der Waals surface area contributed by atoms with Crippen molar-refractivity contribution in [1.82, 2.24) is 19.5 Å². The third-order valence-corrected chi connectivity index (χ3v) is 5.86. The van der Waals surface area contributed by atoms with Crippen LogP contribution in [-0.4, -0.2) is 59.7 Å². The molecular weight excluding hydrogens is 435 g/mol. The van der Waals surface area contributed by atoms with Crippen LogP contribution in [0, 0.1) is 20.3 Å². The summed E-state index contributed by atoms with van der Waals surface area (Å²) in [5.41, 5.74) is 1.38. The fourth-order valence-corrected chi connectivity index (χ4v) is 4.43. The molecule has 0 spiro atoms. The maximum atomic E-state index is 10.1. The molecule has 8 nitrogen and oxygen atoms in total. The molecule has 2 aromatic rings. The van der Waals surface area contributed by atoms with E-state index in [0.29, 0.717) is 29.5 Å². The number of imidazole rings is 1. The van der Waals surface area contributed by atoms with Crippen molar-refractivity contribution in [2.24, 2.45) is 5.92 Å². The molecule has 0 aliphatic heterocycles. The minimum Gasteiger partial charge on any atom is -0.396 e. The van der Waals surface area contributed by atoms with Crippen LogP contribution in [0.1, 0.15) is 50.4 Å². The fraction of sp³-hybridized carbons (Fsp3) is 0.684. The van der Waals surface area contributed by atoms with Gasteiger partial charge >= 0.3 is 0 Å². The van der Waals surface area contributed by atoms with Crippen LogP contribution in [0.2, 0.25) is 0 Å². The van der Waals surface area contributed by atoms with E-state index in [4.69, 9.17) is 0 Å². The van der Waals surface area contributed by atoms with E-state index >= 15 is 0 Å². The van der Waals surface area contributed by atoms with Crippen LogP contribution in [0.25, 0.3) is 11.2 Å². The average molecular weight is 465 g/mol. The van der Waals surface area contributed by atoms with Gasteiger partial charge in [-0.3, -0.25) is 0 Å². The molecule has 0 amide bonds. The second-order valence-corrected chi connectivity index (χ2v) is 7.63. The van der Waals surface area contributed by atoms with Gasteiger partial charge in [0.05, 0.1) is 25.1 Å². The Bertz CT molecular complexity index is 780. The van der Waals surface area contributed by atoms with E-state index < -0.39 is 18.1 Å². The molecule has 28 heavy (non-hydrogen) atoms. The predicted octanol–water partition coefficient (Wildman–Crippen LogP) is 1.60. The molecule has 2 aliphatic rings. The molecular formula is C19H30N5O3Y-. The Hall–Kier alpha value is -0.666. The van der Waals surface area contributed by atoms with Crippen LogP contribution in [0.3, 0.4) is 0 Å². The number of fused-ring (bicyclic) bond motifs is 1. The van der Waals surface area contributed by atoms with E-state index in [2.05, 4.69) is 20.3 Å². The average Bonchev–Trinajstić information content (AvgIpc) is 3.17. The van der Waals surface area contributed by atoms with E-state index in [9.17, 15) is 15.3 Å². The Morgan fingerprint density at radius 2 is 1.89 bits per heavy atom. The Labute approximate surface area is 191 Å². The first-order valence-electron chi connectivity index (χ1n) is 9.53. The second-order valence-electron chi connectivity index (χ2n) is 7.63. The standard InChI is InChI=1S/C18H27N5O3.CH3.Y/c1-10-20-17(22-11-5-3-2-4-6-11)15-18(21-10)23(9-19-15)13-7-14(25)16(26)12(13)8-24;;/h9,11-14,16,24-26H,2-8H2,1H3,(H,20,21,22);1H3;/q;-1;/t12-,13?,14-,16+;;/m0../s1. The van der Waals surface area contributed by atoms with Crippen molar-refractivity contribution in [3.8, 4) is 0 Å². The third-order valence-electron chi connectivity index (χ3n) is 5.86. The van der Waals surface area contributed by atoms with Crippen molar-refractivity contribution < 1.29 is 48.0 Å². The van der Waals surface area contributed by atoms with Crippen LogP contribution in [0.15, 0.2) is 6.33 Å². The monoisotopic (exact) mass is 465 g/mol. The van der Waals surface area contributed by atoms with Gasteiger partial charge in [-0.2, -0.15) is 0 Å². The summed E-state index contributed by atoms with van der Waals surface area (Å²) in [6.07, 6.45) is 6.29. The summed E-state index contributed by atoms with van der Waals surface area (Å²) in [6.45, 7) is 1.66. The summed E-state index contributed by atoms with van der Waals surface area (Å²) < 4.78 is 1.87. The minimum absolute atomic E-state index is 0. The van der Waals surface area contributed by atoms with Crippen molar-refractivity contribution in [1.29, 1.82) is 0 Å². The summed E-state index contributed by atoms with van der Waals surface area (Å²) >= 11 is 0. The summed E-state index contributed by atoms with van der Waals surface area (Å²) in [4.78, 5) is 13.6. The zero-order valence-electron chi connectivity index (χ0n) is 16.6. The molecule has 2 aliphatic carbocycles. The van der Waals surface area contributed by atoms with Gasteiger partial charge in [0.2, 0.25) is 0 Å². The molecule has 0 aromatic carbocycles. The van der Waals surface area contributed by atoms with Crippen LogP contribution in [0.4, 0.5) is 5.82 Å². The molecule has 1 radical (unpaired) electrons. The maximum absolute atomic E-state index is 10.1. The van der Waals surface area contributed by atoms with Gasteiger partial charge in [0, 0.05) is 50.7 Å². The SMILES string of the molecule is Cc1nc(NC2CCCCC2)c2ncn(C3C[C@H](O)[C@H](O)[C@H]3CO)c2n1.[CH3-].[Y]. The summed E-state index contributed by atoms with van der Waals surface area (Å²) in [6, 6.07) is 0.165. The normalized spacial score (nSPS) is 28.0. The molecule has 2 saturated carbocycles. The quantitative estimate of drug-likeness (QED) is 0.507. The van der Waals surface area contributed by atoms with Crippen LogP contribution in [0.5, 0.6) is 0 Å². The van der Waals surface area contributed by atoms with E-state index in [-0.39, 0.29) is 52.8 Å². The maximum Gasteiger partial charge on any atom is 0.166 e. The number of anilines is 1. The van der Waals surface area contributed by atoms with Crippen molar-refractivity contribution >= 4 is 17.0 Å². The summed E-state index contributed by atoms with van der Waals surface area (Å²) in [5, 5.41) is 33.4. The van der Waals surface area contributed by atoms with Gasteiger partial charge in [-0.05, 0) is 26.2 Å². The molecule has 0 saturated heterocycles. The third kappa shape index (κ3) is 4.41. The molecule has 153 valence electrons. The topological polar surface area (TPSA) is 116 Å². The van der Waals surface area contributed by atoms with E-state index in [0.717, 1.165) is 18.7 Å². The first-order valence-corrected chi connectivity index (χ1v) is 9.53. The first-order chi connectivity index (χ1) is 12.6. The number of nitrogens with zero attached hydrogens (tertiary/aromatic N) is 4. The van der Waals surface area contributed by atoms with Gasteiger partial charge in [0.25, 0.3) is 0 Å². The number of hydrogen-bond donors (Lipinski definition) is 4. The molecule has 2 fully saturated rings. The number of aromatic nitrogens is 4. The predicted molar refractivity (Wildman–Crippen MR) is 103 cm³/mol. The van der Waals surface area contributed by atoms with Gasteiger partial charge < -0.3 is 32.6 Å². The van der Waals surface area contributed by atoms with Crippen LogP contribution >= 0.6 is 0 Å². The Morgan fingerprint density at radius 3 is 2.57 bits per heavy atom. The summed E-state index contributed by atoms with van der Waals surface area (Å²) in [5.74, 6) is 0.961. The zero-order valence-corrected chi connectivity index (χ0v) is 19.5. The molecule has 4 atom stereocenters. The minimum atomic E-state index is -0.940. The largest absolute Gasteiger partial charge is 0.396 e. The molecule has 4 rings (SSSR count). The van der Waals surface area contributed by atoms with Crippen molar-refractivity contribution in [2.45, 2.75) is 69.7 Å². The van der Waals surface area contributed by atoms with Crippen LogP contribution < -0.4 is 5.32 Å². The zero-order chi connectivity index (χ0) is 18.3. The number of aryl methyl sites for hydroxylation is 1. The smallest absolute Gasteiger partial charge is 0.166 e. The molecule has 0 bridgehead atoms. The van der Waals surface area contributed by atoms with Crippen LogP contribution in [-0.2, 0) is 32.7 Å². The number of hydrogen-bond acceptors (Lipinski definition) is 7. The second kappa shape index (κ2) is 9.89. The van der Waals surface area contributed by atoms with Crippen molar-refractivity contribution in [2.75, 3.05) is 11.9 Å². The van der Waals surface area contributed by atoms with Gasteiger partial charge in [0.1, 0.15) is 11.3 Å². The number of aliphatic hydroxyl groups excluding tert-OH is 3. The molecule has 2 heterocycles. The number of rotatable bonds is 4. The molecule has 9 heteroatoms. The Morgan fingerprint density at radius 1 is 1.18 bits per heavy atom. The van der Waals surface area contributed by atoms with Gasteiger partial charge in [-0.25, -0.2) is 15.0 Å². The molecule has 1 unspecified atom stereocenters. The van der Waals surface area contributed by atoms with Crippen molar-refractivity contribution in [3.05, 3.63) is 19.6 Å². The summed E-state index contributed by atoms with van der Waals surface area (Å²) in [7, 11) is 0. The van der Waals surface area contributed by atoms with Gasteiger partial charge in [-0.1, -0.05) is 19.3 Å². The first kappa shape index (κ1) is 23.6. The van der Waals surface area contributed by atoms with E-state index in [1.807, 2.05) is 11.5 Å². The fourth-order valence-electron chi connectivity index (χ4n) is 4.43. The van der Waals surface area contributed by atoms with E-state index in [1.165, 1.54) is 19.3 Å².